The summed E-state index contributed by atoms with van der Waals surface area (Å²) in [6, 6.07) is 12.4. The lowest BCUT2D eigenvalue weighted by atomic mass is 10.2. The van der Waals surface area contributed by atoms with Gasteiger partial charge in [-0.3, -0.25) is 0 Å². The highest BCUT2D eigenvalue weighted by molar-refractivity contribution is 7.99. The number of thioether (sulfide) groups is 1. The summed E-state index contributed by atoms with van der Waals surface area (Å²) < 4.78 is 18.4. The summed E-state index contributed by atoms with van der Waals surface area (Å²) in [4.78, 5) is 0.930. The lowest BCUT2D eigenvalue weighted by molar-refractivity contribution is 0.387. The van der Waals surface area contributed by atoms with E-state index < -0.39 is 5.82 Å². The van der Waals surface area contributed by atoms with Gasteiger partial charge in [0, 0.05) is 16.6 Å². The Balaban J connectivity index is 2.35. The molecule has 5 heteroatoms. The standard InChI is InChI=1S/C16H15FN2OS/c1-3-21-16-6-4-5-14(12(16)10-18)19-11-7-8-13(17)15(9-11)20-2/h4-9,19H,3H2,1-2H3. The fourth-order valence-electron chi connectivity index (χ4n) is 1.92. The highest BCUT2D eigenvalue weighted by Gasteiger charge is 2.09. The van der Waals surface area contributed by atoms with Gasteiger partial charge in [0.25, 0.3) is 0 Å². The quantitative estimate of drug-likeness (QED) is 0.822. The fourth-order valence-corrected chi connectivity index (χ4v) is 2.71. The maximum absolute atomic E-state index is 13.4. The van der Waals surface area contributed by atoms with Crippen LogP contribution in [0.5, 0.6) is 5.75 Å². The van der Waals surface area contributed by atoms with E-state index in [9.17, 15) is 9.65 Å². The maximum atomic E-state index is 13.4. The molecule has 0 aliphatic carbocycles. The van der Waals surface area contributed by atoms with Crippen LogP contribution in [0, 0.1) is 17.1 Å². The molecule has 2 rings (SSSR count). The molecule has 0 saturated carbocycles. The summed E-state index contributed by atoms with van der Waals surface area (Å²) >= 11 is 1.61. The van der Waals surface area contributed by atoms with Crippen molar-refractivity contribution in [1.82, 2.24) is 0 Å². The van der Waals surface area contributed by atoms with Crippen molar-refractivity contribution < 1.29 is 9.13 Å². The molecule has 0 spiro atoms. The van der Waals surface area contributed by atoms with E-state index in [0.717, 1.165) is 10.6 Å². The Morgan fingerprint density at radius 2 is 2.14 bits per heavy atom. The average molecular weight is 302 g/mol. The van der Waals surface area contributed by atoms with Gasteiger partial charge in [-0.15, -0.1) is 11.8 Å². The van der Waals surface area contributed by atoms with E-state index in [1.54, 1.807) is 23.9 Å². The van der Waals surface area contributed by atoms with E-state index in [2.05, 4.69) is 11.4 Å². The third kappa shape index (κ3) is 3.47. The second kappa shape index (κ2) is 7.00. The number of nitrogens with one attached hydrogen (secondary N) is 1. The number of ether oxygens (including phenoxy) is 1. The van der Waals surface area contributed by atoms with Crippen molar-refractivity contribution in [2.45, 2.75) is 11.8 Å². The zero-order valence-electron chi connectivity index (χ0n) is 11.8. The molecule has 0 aromatic heterocycles. The molecule has 108 valence electrons. The first-order valence-corrected chi connectivity index (χ1v) is 7.44. The smallest absolute Gasteiger partial charge is 0.165 e. The van der Waals surface area contributed by atoms with Gasteiger partial charge in [0.05, 0.1) is 18.4 Å². The van der Waals surface area contributed by atoms with Crippen LogP contribution in [0.1, 0.15) is 12.5 Å². The van der Waals surface area contributed by atoms with Gasteiger partial charge in [0.1, 0.15) is 6.07 Å². The van der Waals surface area contributed by atoms with Gasteiger partial charge in [-0.1, -0.05) is 13.0 Å². The molecule has 0 heterocycles. The van der Waals surface area contributed by atoms with Crippen LogP contribution in [0.25, 0.3) is 0 Å². The molecule has 0 aliphatic rings. The van der Waals surface area contributed by atoms with Gasteiger partial charge >= 0.3 is 0 Å². The number of hydrogen-bond donors (Lipinski definition) is 1. The summed E-state index contributed by atoms with van der Waals surface area (Å²) in [6.45, 7) is 2.04. The Bertz CT molecular complexity index is 682. The summed E-state index contributed by atoms with van der Waals surface area (Å²) in [5.41, 5.74) is 1.96. The van der Waals surface area contributed by atoms with Crippen LogP contribution in [0.3, 0.4) is 0 Å². The summed E-state index contributed by atoms with van der Waals surface area (Å²) in [5.74, 6) is 0.638. The van der Waals surface area contributed by atoms with Crippen LogP contribution in [-0.4, -0.2) is 12.9 Å². The third-order valence-electron chi connectivity index (χ3n) is 2.87. The van der Waals surface area contributed by atoms with Gasteiger partial charge in [0.15, 0.2) is 11.6 Å². The Kier molecular flexibility index (Phi) is 5.07. The average Bonchev–Trinajstić information content (AvgIpc) is 2.50. The molecule has 21 heavy (non-hydrogen) atoms. The summed E-state index contributed by atoms with van der Waals surface area (Å²) in [5, 5.41) is 12.5. The van der Waals surface area contributed by atoms with Crippen LogP contribution in [-0.2, 0) is 0 Å². The molecule has 0 unspecified atom stereocenters. The Morgan fingerprint density at radius 1 is 1.33 bits per heavy atom. The second-order valence-corrected chi connectivity index (χ2v) is 5.50. The summed E-state index contributed by atoms with van der Waals surface area (Å²) in [6.07, 6.45) is 0. The molecule has 0 aliphatic heterocycles. The number of methoxy groups -OCH3 is 1. The Hall–Kier alpha value is -2.19. The van der Waals surface area contributed by atoms with Crippen molar-refractivity contribution >= 4 is 23.1 Å². The van der Waals surface area contributed by atoms with Crippen molar-refractivity contribution in [3.63, 3.8) is 0 Å². The molecule has 2 aromatic carbocycles. The summed E-state index contributed by atoms with van der Waals surface area (Å²) in [7, 11) is 1.42. The van der Waals surface area contributed by atoms with E-state index in [-0.39, 0.29) is 5.75 Å². The molecule has 0 saturated heterocycles. The van der Waals surface area contributed by atoms with Crippen molar-refractivity contribution in [2.24, 2.45) is 0 Å². The Morgan fingerprint density at radius 3 is 2.81 bits per heavy atom. The van der Waals surface area contributed by atoms with Crippen molar-refractivity contribution in [1.29, 1.82) is 5.26 Å². The fraction of sp³-hybridized carbons (Fsp3) is 0.188. The minimum atomic E-state index is -0.418. The van der Waals surface area contributed by atoms with Crippen LogP contribution >= 0.6 is 11.8 Å². The van der Waals surface area contributed by atoms with Gasteiger partial charge in [-0.2, -0.15) is 5.26 Å². The minimum absolute atomic E-state index is 0.164. The highest BCUT2D eigenvalue weighted by Crippen LogP contribution is 2.31. The lowest BCUT2D eigenvalue weighted by Gasteiger charge is -2.12. The minimum Gasteiger partial charge on any atom is -0.494 e. The molecular formula is C16H15FN2OS. The molecule has 0 atom stereocenters. The normalized spacial score (nSPS) is 10.0. The van der Waals surface area contributed by atoms with E-state index in [0.29, 0.717) is 16.9 Å². The number of nitriles is 1. The van der Waals surface area contributed by atoms with Crippen LogP contribution < -0.4 is 10.1 Å². The van der Waals surface area contributed by atoms with Gasteiger partial charge in [0.2, 0.25) is 0 Å². The van der Waals surface area contributed by atoms with Crippen molar-refractivity contribution in [2.75, 3.05) is 18.2 Å². The number of nitrogens with zero attached hydrogens (tertiary/aromatic N) is 1. The van der Waals surface area contributed by atoms with E-state index in [1.807, 2.05) is 25.1 Å². The van der Waals surface area contributed by atoms with E-state index in [4.69, 9.17) is 4.74 Å². The first kappa shape index (κ1) is 15.2. The molecule has 2 aromatic rings. The lowest BCUT2D eigenvalue weighted by Crippen LogP contribution is -1.97. The highest BCUT2D eigenvalue weighted by atomic mass is 32.2. The topological polar surface area (TPSA) is 45.0 Å². The molecule has 0 radical (unpaired) electrons. The van der Waals surface area contributed by atoms with Gasteiger partial charge in [-0.25, -0.2) is 4.39 Å². The number of rotatable bonds is 5. The zero-order valence-corrected chi connectivity index (χ0v) is 12.6. The number of benzene rings is 2. The van der Waals surface area contributed by atoms with Crippen molar-refractivity contribution in [3.05, 3.63) is 47.8 Å². The molecule has 0 bridgehead atoms. The number of anilines is 2. The molecular weight excluding hydrogens is 287 g/mol. The van der Waals surface area contributed by atoms with E-state index >= 15 is 0 Å². The van der Waals surface area contributed by atoms with Gasteiger partial charge < -0.3 is 10.1 Å². The van der Waals surface area contributed by atoms with Crippen LogP contribution in [0.15, 0.2) is 41.3 Å². The number of halogens is 1. The van der Waals surface area contributed by atoms with Crippen LogP contribution in [0.4, 0.5) is 15.8 Å². The van der Waals surface area contributed by atoms with Crippen molar-refractivity contribution in [3.8, 4) is 11.8 Å². The molecule has 3 nitrogen and oxygen atoms in total. The van der Waals surface area contributed by atoms with Gasteiger partial charge in [-0.05, 0) is 30.0 Å². The van der Waals surface area contributed by atoms with E-state index in [1.165, 1.54) is 13.2 Å². The monoisotopic (exact) mass is 302 g/mol. The Labute approximate surface area is 127 Å². The largest absolute Gasteiger partial charge is 0.494 e. The molecule has 1 N–H and O–H groups in total. The van der Waals surface area contributed by atoms with Crippen LogP contribution in [0.2, 0.25) is 0 Å². The zero-order chi connectivity index (χ0) is 15.2. The predicted molar refractivity (Wildman–Crippen MR) is 83.8 cm³/mol. The molecule has 0 fully saturated rings. The maximum Gasteiger partial charge on any atom is 0.165 e. The first-order valence-electron chi connectivity index (χ1n) is 6.46. The SMILES string of the molecule is CCSc1cccc(Nc2ccc(F)c(OC)c2)c1C#N. The first-order chi connectivity index (χ1) is 10.2. The third-order valence-corrected chi connectivity index (χ3v) is 3.81. The predicted octanol–water partition coefficient (Wildman–Crippen LogP) is 4.56. The molecule has 0 amide bonds. The second-order valence-electron chi connectivity index (χ2n) is 4.20. The number of hydrogen-bond acceptors (Lipinski definition) is 4.